The van der Waals surface area contributed by atoms with Crippen LogP contribution in [-0.4, -0.2) is 39.4 Å². The molecule has 0 unspecified atom stereocenters. The number of hydrogen-bond acceptors (Lipinski definition) is 20. The summed E-state index contributed by atoms with van der Waals surface area (Å²) in [5.41, 5.74) is -10.4. The first kappa shape index (κ1) is 34.6. The topological polar surface area (TPSA) is 382 Å². The molecule has 5 rings (SSSR count). The van der Waals surface area contributed by atoms with Gasteiger partial charge in [-0.15, -0.1) is 0 Å². The first-order chi connectivity index (χ1) is 24.4. The minimum Gasteiger partial charge on any atom is -0.443 e. The van der Waals surface area contributed by atoms with Gasteiger partial charge in [0.2, 0.25) is 46.0 Å². The highest BCUT2D eigenvalue weighted by atomic mass is 16.7. The van der Waals surface area contributed by atoms with Gasteiger partial charge in [-0.05, 0) is 0 Å². The van der Waals surface area contributed by atoms with Gasteiger partial charge in [0.05, 0.1) is 39.4 Å². The Morgan fingerprint density at radius 2 is 0.365 bits per heavy atom. The van der Waals surface area contributed by atoms with Gasteiger partial charge in [-0.1, -0.05) is 0 Å². The Morgan fingerprint density at radius 3 is 0.462 bits per heavy atom. The number of hydrogen-bond donors (Lipinski definition) is 0. The van der Waals surface area contributed by atoms with Crippen LogP contribution in [0.3, 0.4) is 0 Å². The highest BCUT2D eigenvalue weighted by Crippen LogP contribution is 2.52. The van der Waals surface area contributed by atoms with Crippen LogP contribution in [0.15, 0.2) is 48.5 Å². The third-order valence-corrected chi connectivity index (χ3v) is 6.62. The van der Waals surface area contributed by atoms with Gasteiger partial charge in [0.1, 0.15) is 24.3 Å². The monoisotopic (exact) mass is 728 g/mol. The average molecular weight is 728 g/mol. The van der Waals surface area contributed by atoms with E-state index in [-0.39, 0.29) is 24.3 Å². The summed E-state index contributed by atoms with van der Waals surface area (Å²) in [6, 6.07) is 2.14. The number of nitro benzene ring substituents is 8. The van der Waals surface area contributed by atoms with Crippen LogP contribution < -0.4 is 18.9 Å². The minimum atomic E-state index is -1.30. The highest BCUT2D eigenvalue weighted by Gasteiger charge is 2.37. The molecule has 0 amide bonds. The number of ether oxygens (including phenoxy) is 4. The van der Waals surface area contributed by atoms with Crippen LogP contribution in [0.5, 0.6) is 46.0 Å². The summed E-state index contributed by atoms with van der Waals surface area (Å²) in [5.74, 6) is -9.07. The Morgan fingerprint density at radius 1 is 0.250 bits per heavy atom. The summed E-state index contributed by atoms with van der Waals surface area (Å²) in [4.78, 5) is 85.2. The lowest BCUT2D eigenvalue weighted by Gasteiger charge is -2.14. The largest absolute Gasteiger partial charge is 0.443 e. The molecule has 0 saturated carbocycles. The number of nitrogens with zero attached hydrogens (tertiary/aromatic N) is 8. The Hall–Kier alpha value is -8.72. The van der Waals surface area contributed by atoms with E-state index in [4.69, 9.17) is 18.9 Å². The maximum absolute atomic E-state index is 11.9. The maximum atomic E-state index is 11.9. The molecule has 8 bridgehead atoms. The molecule has 0 spiro atoms. The van der Waals surface area contributed by atoms with E-state index >= 15 is 0 Å². The third-order valence-electron chi connectivity index (χ3n) is 6.62. The molecule has 0 aliphatic carbocycles. The van der Waals surface area contributed by atoms with E-state index in [0.717, 1.165) is 0 Å². The SMILES string of the molecule is O=[N+]([O-])c1cc([N+](=O)[O-])c2cc1Oc1cc(c([N+](=O)[O-])cc1[N+](=O)[O-])Oc1cc(c([N+](=O)[O-])cc1[N+](=O)[O-])Oc1cc(c([N+](=O)[O-])cc1[N+](=O)[O-])O2. The molecule has 0 fully saturated rings. The van der Waals surface area contributed by atoms with Crippen LogP contribution in [0.2, 0.25) is 0 Å². The molecule has 0 radical (unpaired) electrons. The molecule has 1 heterocycles. The molecule has 264 valence electrons. The van der Waals surface area contributed by atoms with Crippen molar-refractivity contribution in [1.29, 1.82) is 0 Å². The van der Waals surface area contributed by atoms with Gasteiger partial charge in [0, 0.05) is 24.3 Å². The number of rotatable bonds is 8. The Labute approximate surface area is 279 Å². The van der Waals surface area contributed by atoms with Gasteiger partial charge in [-0.25, -0.2) is 0 Å². The van der Waals surface area contributed by atoms with Crippen LogP contribution in [0.1, 0.15) is 0 Å². The molecule has 0 saturated heterocycles. The summed E-state index contributed by atoms with van der Waals surface area (Å²) in [7, 11) is 0. The quantitative estimate of drug-likeness (QED) is 0.122. The number of benzene rings is 4. The van der Waals surface area contributed by atoms with Crippen molar-refractivity contribution in [3.05, 3.63) is 129 Å². The van der Waals surface area contributed by atoms with Crippen molar-refractivity contribution in [2.75, 3.05) is 0 Å². The average Bonchev–Trinajstić information content (AvgIpc) is 3.03. The van der Waals surface area contributed by atoms with Crippen molar-refractivity contribution in [3.8, 4) is 46.0 Å². The molecule has 1 aliphatic heterocycles. The van der Waals surface area contributed by atoms with E-state index in [1.807, 2.05) is 0 Å². The highest BCUT2D eigenvalue weighted by molar-refractivity contribution is 5.71. The van der Waals surface area contributed by atoms with Crippen LogP contribution in [0, 0.1) is 80.9 Å². The Bertz CT molecular complexity index is 1890. The van der Waals surface area contributed by atoms with Crippen LogP contribution in [-0.2, 0) is 0 Å². The molecule has 0 aromatic heterocycles. The molecule has 0 N–H and O–H groups in total. The summed E-state index contributed by atoms with van der Waals surface area (Å²) in [6.45, 7) is 0. The fraction of sp³-hybridized carbons (Fsp3) is 0. The molecule has 4 aromatic carbocycles. The van der Waals surface area contributed by atoms with Crippen LogP contribution in [0.4, 0.5) is 45.5 Å². The van der Waals surface area contributed by atoms with Crippen molar-refractivity contribution in [2.45, 2.75) is 0 Å². The molecular weight excluding hydrogens is 720 g/mol. The van der Waals surface area contributed by atoms with Crippen molar-refractivity contribution in [1.82, 2.24) is 0 Å². The van der Waals surface area contributed by atoms with E-state index in [9.17, 15) is 80.9 Å². The number of nitro groups is 8. The zero-order valence-electron chi connectivity index (χ0n) is 24.4. The second-order valence-electron chi connectivity index (χ2n) is 9.62. The predicted molar refractivity (Wildman–Crippen MR) is 159 cm³/mol. The Balaban J connectivity index is 1.97. The summed E-state index contributed by atoms with van der Waals surface area (Å²) in [6.07, 6.45) is 0. The van der Waals surface area contributed by atoms with Crippen molar-refractivity contribution in [3.63, 3.8) is 0 Å². The van der Waals surface area contributed by atoms with Crippen molar-refractivity contribution >= 4 is 45.5 Å². The summed E-state index contributed by atoms with van der Waals surface area (Å²) < 4.78 is 21.3. The molecule has 0 atom stereocenters. The van der Waals surface area contributed by atoms with E-state index < -0.39 is 131 Å². The van der Waals surface area contributed by atoms with Crippen LogP contribution in [0.25, 0.3) is 0 Å². The first-order valence-corrected chi connectivity index (χ1v) is 13.0. The lowest BCUT2D eigenvalue weighted by Crippen LogP contribution is -2.04. The molecular formula is C24H8N8O20. The van der Waals surface area contributed by atoms with Crippen molar-refractivity contribution < 1.29 is 58.3 Å². The van der Waals surface area contributed by atoms with Gasteiger partial charge in [-0.2, -0.15) is 0 Å². The third kappa shape index (κ3) is 6.28. The predicted octanol–water partition coefficient (Wildman–Crippen LogP) is 6.43. The molecule has 28 nitrogen and oxygen atoms in total. The van der Waals surface area contributed by atoms with E-state index in [2.05, 4.69) is 0 Å². The van der Waals surface area contributed by atoms with Crippen molar-refractivity contribution in [2.24, 2.45) is 0 Å². The smallest absolute Gasteiger partial charge is 0.318 e. The number of fused-ring (bicyclic) bond motifs is 8. The standard InChI is InChI=1S/C24H8N8O20/c33-25(34)9-1-10(26(35)36)18-5-17(9)49-19-6-21(13(29(41)42)2-11(19)27(37)38)51-23-8-24(16(32(47)48)4-15(23)31(45)46)52-22-7-20(50-18)12(28(39)40)3-14(22)30(43)44/h1-8H. The zero-order valence-corrected chi connectivity index (χ0v) is 24.4. The van der Waals surface area contributed by atoms with Gasteiger partial charge in [0.25, 0.3) is 0 Å². The first-order valence-electron chi connectivity index (χ1n) is 13.0. The molecule has 4 aromatic rings. The lowest BCUT2D eigenvalue weighted by atomic mass is 10.2. The van der Waals surface area contributed by atoms with Gasteiger partial charge in [-0.3, -0.25) is 80.9 Å². The van der Waals surface area contributed by atoms with Gasteiger partial charge in [0.15, 0.2) is 0 Å². The zero-order chi connectivity index (χ0) is 38.3. The lowest BCUT2D eigenvalue weighted by molar-refractivity contribution is -0.396. The van der Waals surface area contributed by atoms with E-state index in [1.54, 1.807) is 0 Å². The van der Waals surface area contributed by atoms with Crippen LogP contribution >= 0.6 is 0 Å². The maximum Gasteiger partial charge on any atom is 0.318 e. The fourth-order valence-electron chi connectivity index (χ4n) is 4.42. The normalized spacial score (nSPS) is 11.4. The Kier molecular flexibility index (Phi) is 8.46. The second kappa shape index (κ2) is 12.7. The molecule has 28 heteroatoms. The van der Waals surface area contributed by atoms with Gasteiger partial charge < -0.3 is 18.9 Å². The summed E-state index contributed by atoms with van der Waals surface area (Å²) >= 11 is 0. The second-order valence-corrected chi connectivity index (χ2v) is 9.62. The fourth-order valence-corrected chi connectivity index (χ4v) is 4.42. The van der Waals surface area contributed by atoms with E-state index in [0.29, 0.717) is 24.3 Å². The summed E-state index contributed by atoms with van der Waals surface area (Å²) in [5, 5.41) is 95.5. The molecule has 52 heavy (non-hydrogen) atoms. The molecule has 1 aliphatic rings. The van der Waals surface area contributed by atoms with E-state index in [1.165, 1.54) is 0 Å². The van der Waals surface area contributed by atoms with Gasteiger partial charge >= 0.3 is 45.5 Å². The minimum absolute atomic E-state index is 0.189.